The summed E-state index contributed by atoms with van der Waals surface area (Å²) in [5.41, 5.74) is 2.74. The predicted octanol–water partition coefficient (Wildman–Crippen LogP) is 4.37. The molecule has 1 aromatic rings. The van der Waals surface area contributed by atoms with Crippen LogP contribution in [0, 0.1) is 18.3 Å². The Morgan fingerprint density at radius 3 is 2.56 bits per heavy atom. The van der Waals surface area contributed by atoms with Crippen LogP contribution in [0.3, 0.4) is 0 Å². The first kappa shape index (κ1) is 11.6. The van der Waals surface area contributed by atoms with Crippen LogP contribution < -0.4 is 0 Å². The van der Waals surface area contributed by atoms with E-state index in [1.165, 1.54) is 11.1 Å². The molecule has 16 heavy (non-hydrogen) atoms. The number of rotatable bonds is 1. The highest BCUT2D eigenvalue weighted by molar-refractivity contribution is 6.31. The molecule has 0 saturated heterocycles. The van der Waals surface area contributed by atoms with Crippen molar-refractivity contribution in [2.75, 3.05) is 0 Å². The molecule has 2 rings (SSSR count). The fourth-order valence-corrected chi connectivity index (χ4v) is 2.58. The zero-order chi connectivity index (χ0) is 11.9. The first-order chi connectivity index (χ1) is 7.45. The smallest absolute Gasteiger partial charge is 0.0444 e. The summed E-state index contributed by atoms with van der Waals surface area (Å²) in [6.07, 6.45) is 6.56. The SMILES string of the molecule is C#CC1CC1c1c(Cl)cccc1C(C)(C)C. The lowest BCUT2D eigenvalue weighted by molar-refractivity contribution is 0.582. The molecule has 1 aromatic carbocycles. The van der Waals surface area contributed by atoms with Crippen LogP contribution >= 0.6 is 11.6 Å². The minimum atomic E-state index is 0.127. The van der Waals surface area contributed by atoms with Crippen LogP contribution in [0.15, 0.2) is 18.2 Å². The molecule has 2 unspecified atom stereocenters. The summed E-state index contributed by atoms with van der Waals surface area (Å²) in [6.45, 7) is 6.65. The third kappa shape index (κ3) is 1.97. The molecule has 1 fully saturated rings. The van der Waals surface area contributed by atoms with Gasteiger partial charge in [-0.3, -0.25) is 0 Å². The lowest BCUT2D eigenvalue weighted by Gasteiger charge is -2.23. The van der Waals surface area contributed by atoms with Gasteiger partial charge in [-0.05, 0) is 29.0 Å². The zero-order valence-corrected chi connectivity index (χ0v) is 10.8. The third-order valence-corrected chi connectivity index (χ3v) is 3.57. The molecule has 84 valence electrons. The van der Waals surface area contributed by atoms with Gasteiger partial charge in [0.1, 0.15) is 0 Å². The van der Waals surface area contributed by atoms with E-state index in [2.05, 4.69) is 32.8 Å². The summed E-state index contributed by atoms with van der Waals surface area (Å²) in [6, 6.07) is 6.17. The van der Waals surface area contributed by atoms with Crippen LogP contribution in [0.5, 0.6) is 0 Å². The average Bonchev–Trinajstić information content (AvgIpc) is 2.95. The van der Waals surface area contributed by atoms with Crippen molar-refractivity contribution in [1.29, 1.82) is 0 Å². The van der Waals surface area contributed by atoms with Crippen molar-refractivity contribution in [2.45, 2.75) is 38.5 Å². The lowest BCUT2D eigenvalue weighted by atomic mass is 9.82. The monoisotopic (exact) mass is 232 g/mol. The Kier molecular flexibility index (Phi) is 2.76. The average molecular weight is 233 g/mol. The summed E-state index contributed by atoms with van der Waals surface area (Å²) in [4.78, 5) is 0. The van der Waals surface area contributed by atoms with E-state index >= 15 is 0 Å². The number of terminal acetylenes is 1. The van der Waals surface area contributed by atoms with Crippen molar-refractivity contribution in [3.63, 3.8) is 0 Å². The summed E-state index contributed by atoms with van der Waals surface area (Å²) in [7, 11) is 0. The molecule has 0 radical (unpaired) electrons. The molecule has 1 heteroatoms. The highest BCUT2D eigenvalue weighted by Crippen LogP contribution is 2.51. The molecule has 1 aliphatic rings. The molecule has 1 saturated carbocycles. The van der Waals surface area contributed by atoms with Crippen molar-refractivity contribution in [2.24, 2.45) is 5.92 Å². The number of hydrogen-bond acceptors (Lipinski definition) is 0. The maximum absolute atomic E-state index is 6.32. The highest BCUT2D eigenvalue weighted by Gasteiger charge is 2.40. The Hall–Kier alpha value is -0.930. The van der Waals surface area contributed by atoms with Gasteiger partial charge in [-0.25, -0.2) is 0 Å². The molecule has 0 heterocycles. The van der Waals surface area contributed by atoms with Crippen LogP contribution in [-0.4, -0.2) is 0 Å². The minimum Gasteiger partial charge on any atom is -0.120 e. The van der Waals surface area contributed by atoms with Crippen LogP contribution in [0.1, 0.15) is 44.2 Å². The van der Waals surface area contributed by atoms with Crippen molar-refractivity contribution in [3.8, 4) is 12.3 Å². The second-order valence-electron chi connectivity index (χ2n) is 5.57. The molecule has 1 aliphatic carbocycles. The number of halogens is 1. The lowest BCUT2D eigenvalue weighted by Crippen LogP contribution is -2.14. The summed E-state index contributed by atoms with van der Waals surface area (Å²) >= 11 is 6.32. The maximum Gasteiger partial charge on any atom is 0.0444 e. The normalized spacial score (nSPS) is 23.9. The zero-order valence-electron chi connectivity index (χ0n) is 10.0. The molecule has 0 N–H and O–H groups in total. The van der Waals surface area contributed by atoms with E-state index in [-0.39, 0.29) is 5.41 Å². The highest BCUT2D eigenvalue weighted by atomic mass is 35.5. The fourth-order valence-electron chi connectivity index (χ4n) is 2.27. The van der Waals surface area contributed by atoms with E-state index in [0.717, 1.165) is 11.4 Å². The number of benzene rings is 1. The van der Waals surface area contributed by atoms with Gasteiger partial charge in [0, 0.05) is 16.9 Å². The van der Waals surface area contributed by atoms with Gasteiger partial charge >= 0.3 is 0 Å². The van der Waals surface area contributed by atoms with E-state index in [9.17, 15) is 0 Å². The Balaban J connectivity index is 2.48. The Morgan fingerprint density at radius 2 is 2.06 bits per heavy atom. The van der Waals surface area contributed by atoms with Gasteiger partial charge < -0.3 is 0 Å². The number of hydrogen-bond donors (Lipinski definition) is 0. The molecule has 0 nitrogen and oxygen atoms in total. The second-order valence-corrected chi connectivity index (χ2v) is 5.97. The molecular weight excluding hydrogens is 216 g/mol. The van der Waals surface area contributed by atoms with E-state index in [1.54, 1.807) is 0 Å². The molecule has 0 amide bonds. The third-order valence-electron chi connectivity index (χ3n) is 3.24. The second kappa shape index (κ2) is 3.82. The van der Waals surface area contributed by atoms with Gasteiger partial charge in [-0.2, -0.15) is 0 Å². The molecule has 0 spiro atoms. The van der Waals surface area contributed by atoms with Gasteiger partial charge in [-0.15, -0.1) is 12.3 Å². The molecular formula is C15H17Cl. The van der Waals surface area contributed by atoms with Crippen LogP contribution in [-0.2, 0) is 5.41 Å². The van der Waals surface area contributed by atoms with E-state index in [0.29, 0.717) is 11.8 Å². The fraction of sp³-hybridized carbons (Fsp3) is 0.467. The molecule has 2 atom stereocenters. The van der Waals surface area contributed by atoms with Gasteiger partial charge in [0.2, 0.25) is 0 Å². The van der Waals surface area contributed by atoms with Gasteiger partial charge in [0.25, 0.3) is 0 Å². The van der Waals surface area contributed by atoms with E-state index in [1.807, 2.05) is 12.1 Å². The molecule has 0 aliphatic heterocycles. The van der Waals surface area contributed by atoms with Crippen LogP contribution in [0.4, 0.5) is 0 Å². The minimum absolute atomic E-state index is 0.127. The van der Waals surface area contributed by atoms with Crippen LogP contribution in [0.2, 0.25) is 5.02 Å². The maximum atomic E-state index is 6.32. The molecule has 0 bridgehead atoms. The summed E-state index contributed by atoms with van der Waals surface area (Å²) in [5.74, 6) is 3.70. The predicted molar refractivity (Wildman–Crippen MR) is 69.8 cm³/mol. The largest absolute Gasteiger partial charge is 0.120 e. The van der Waals surface area contributed by atoms with Crippen molar-refractivity contribution in [3.05, 3.63) is 34.3 Å². The van der Waals surface area contributed by atoms with Gasteiger partial charge in [0.15, 0.2) is 0 Å². The summed E-state index contributed by atoms with van der Waals surface area (Å²) in [5, 5.41) is 0.871. The Labute approximate surface area is 103 Å². The first-order valence-corrected chi connectivity index (χ1v) is 6.08. The van der Waals surface area contributed by atoms with Crippen molar-refractivity contribution >= 4 is 11.6 Å². The summed E-state index contributed by atoms with van der Waals surface area (Å²) < 4.78 is 0. The van der Waals surface area contributed by atoms with Gasteiger partial charge in [-0.1, -0.05) is 44.5 Å². The van der Waals surface area contributed by atoms with Crippen molar-refractivity contribution in [1.82, 2.24) is 0 Å². The molecule has 0 aromatic heterocycles. The first-order valence-electron chi connectivity index (χ1n) is 5.70. The van der Waals surface area contributed by atoms with Crippen LogP contribution in [0.25, 0.3) is 0 Å². The topological polar surface area (TPSA) is 0 Å². The standard InChI is InChI=1S/C15H17Cl/c1-5-10-9-11(10)14-12(15(2,3)4)7-6-8-13(14)16/h1,6-8,10-11H,9H2,2-4H3. The van der Waals surface area contributed by atoms with Gasteiger partial charge in [0.05, 0.1) is 0 Å². The quantitative estimate of drug-likeness (QED) is 0.631. The Bertz CT molecular complexity index is 445. The van der Waals surface area contributed by atoms with E-state index < -0.39 is 0 Å². The van der Waals surface area contributed by atoms with E-state index in [4.69, 9.17) is 18.0 Å². The van der Waals surface area contributed by atoms with Crippen molar-refractivity contribution < 1.29 is 0 Å². The Morgan fingerprint density at radius 1 is 1.38 bits per heavy atom.